The van der Waals surface area contributed by atoms with E-state index in [1.165, 1.54) is 11.8 Å². The predicted octanol–water partition coefficient (Wildman–Crippen LogP) is 3.52. The van der Waals surface area contributed by atoms with E-state index in [1.54, 1.807) is 0 Å². The molecule has 0 spiro atoms. The molecule has 1 N–H and O–H groups in total. The van der Waals surface area contributed by atoms with E-state index in [-0.39, 0.29) is 17.2 Å². The number of morpholine rings is 1. The van der Waals surface area contributed by atoms with Crippen molar-refractivity contribution in [2.24, 2.45) is 0 Å². The van der Waals surface area contributed by atoms with Crippen LogP contribution in [0.1, 0.15) is 31.0 Å². The fraction of sp³-hybridized carbons (Fsp3) is 0.375. The Morgan fingerprint density at radius 1 is 1.03 bits per heavy atom. The fourth-order valence-electron chi connectivity index (χ4n) is 3.76. The third kappa shape index (κ3) is 5.14. The summed E-state index contributed by atoms with van der Waals surface area (Å²) in [5, 5.41) is 12.5. The van der Waals surface area contributed by atoms with Crippen molar-refractivity contribution in [3.8, 4) is 0 Å². The number of rotatable bonds is 8. The molecule has 168 valence electrons. The first-order valence-electron chi connectivity index (χ1n) is 11.0. The molecule has 1 aliphatic rings. The zero-order valence-electron chi connectivity index (χ0n) is 18.5. The molecule has 1 unspecified atom stereocenters. The largest absolute Gasteiger partial charge is 0.378 e. The van der Waals surface area contributed by atoms with Gasteiger partial charge in [0, 0.05) is 19.6 Å². The van der Waals surface area contributed by atoms with E-state index in [9.17, 15) is 4.79 Å². The first-order chi connectivity index (χ1) is 15.7. The van der Waals surface area contributed by atoms with Crippen LogP contribution in [0, 0.1) is 0 Å². The molecule has 0 radical (unpaired) electrons. The van der Waals surface area contributed by atoms with Gasteiger partial charge in [-0.25, -0.2) is 0 Å². The maximum atomic E-state index is 13.2. The highest BCUT2D eigenvalue weighted by Crippen LogP contribution is 2.28. The monoisotopic (exact) mass is 451 g/mol. The van der Waals surface area contributed by atoms with Crippen molar-refractivity contribution in [1.29, 1.82) is 0 Å². The Kier molecular flexibility index (Phi) is 7.44. The number of anilines is 1. The Bertz CT molecular complexity index is 966. The van der Waals surface area contributed by atoms with Crippen molar-refractivity contribution in [3.63, 3.8) is 0 Å². The van der Waals surface area contributed by atoms with E-state index in [4.69, 9.17) is 4.74 Å². The van der Waals surface area contributed by atoms with Crippen molar-refractivity contribution in [1.82, 2.24) is 20.1 Å². The van der Waals surface area contributed by atoms with E-state index >= 15 is 0 Å². The second-order valence-corrected chi connectivity index (χ2v) is 8.96. The lowest BCUT2D eigenvalue weighted by atomic mass is 9.98. The van der Waals surface area contributed by atoms with E-state index in [0.717, 1.165) is 41.9 Å². The number of hydrogen-bond acceptors (Lipinski definition) is 6. The Hall–Kier alpha value is -2.84. The summed E-state index contributed by atoms with van der Waals surface area (Å²) in [6.07, 6.45) is 0. The number of ether oxygens (including phenoxy) is 1. The number of hydrogen-bond donors (Lipinski definition) is 1. The molecule has 0 aliphatic carbocycles. The Labute approximate surface area is 193 Å². The number of carbonyl (C=O) groups is 1. The first-order valence-corrected chi connectivity index (χ1v) is 11.9. The van der Waals surface area contributed by atoms with Crippen LogP contribution in [0.4, 0.5) is 5.95 Å². The van der Waals surface area contributed by atoms with Crippen molar-refractivity contribution in [3.05, 3.63) is 71.8 Å². The second kappa shape index (κ2) is 10.7. The molecule has 1 fully saturated rings. The summed E-state index contributed by atoms with van der Waals surface area (Å²) in [5.74, 6) is 0.809. The summed E-state index contributed by atoms with van der Waals surface area (Å²) in [5.41, 5.74) is 2.10. The summed E-state index contributed by atoms with van der Waals surface area (Å²) in [6.45, 7) is 7.71. The molecule has 1 aliphatic heterocycles. The maximum absolute atomic E-state index is 13.2. The van der Waals surface area contributed by atoms with E-state index < -0.39 is 0 Å². The van der Waals surface area contributed by atoms with Crippen LogP contribution >= 0.6 is 11.8 Å². The predicted molar refractivity (Wildman–Crippen MR) is 127 cm³/mol. The topological polar surface area (TPSA) is 72.3 Å². The molecule has 1 saturated heterocycles. The van der Waals surface area contributed by atoms with Crippen LogP contribution in [0.3, 0.4) is 0 Å². The summed E-state index contributed by atoms with van der Waals surface area (Å²) in [7, 11) is 0. The molecule has 2 aromatic carbocycles. The number of benzene rings is 2. The lowest BCUT2D eigenvalue weighted by molar-refractivity contribution is -0.120. The summed E-state index contributed by atoms with van der Waals surface area (Å²) in [4.78, 5) is 15.4. The number of carbonyl (C=O) groups excluding carboxylic acids is 1. The second-order valence-electron chi connectivity index (χ2n) is 7.65. The molecule has 0 bridgehead atoms. The Morgan fingerprint density at radius 3 is 2.19 bits per heavy atom. The van der Waals surface area contributed by atoms with Crippen molar-refractivity contribution in [2.45, 2.75) is 36.8 Å². The lowest BCUT2D eigenvalue weighted by Gasteiger charge is -2.27. The first kappa shape index (κ1) is 22.4. The molecular formula is C24H29N5O2S. The molecule has 8 heteroatoms. The van der Waals surface area contributed by atoms with Crippen LogP contribution in [0.25, 0.3) is 0 Å². The molecular weight excluding hydrogens is 422 g/mol. The minimum Gasteiger partial charge on any atom is -0.378 e. The van der Waals surface area contributed by atoms with Crippen LogP contribution in [0.2, 0.25) is 0 Å². The quantitative estimate of drug-likeness (QED) is 0.529. The molecule has 32 heavy (non-hydrogen) atoms. The van der Waals surface area contributed by atoms with Gasteiger partial charge >= 0.3 is 0 Å². The number of thioether (sulfide) groups is 1. The van der Waals surface area contributed by atoms with E-state index in [1.807, 2.05) is 67.6 Å². The summed E-state index contributed by atoms with van der Waals surface area (Å²) < 4.78 is 7.53. The molecule has 2 heterocycles. The highest BCUT2D eigenvalue weighted by Gasteiger charge is 2.25. The molecule has 1 atom stereocenters. The zero-order valence-corrected chi connectivity index (χ0v) is 19.3. The van der Waals surface area contributed by atoms with Crippen molar-refractivity contribution >= 4 is 23.6 Å². The summed E-state index contributed by atoms with van der Waals surface area (Å²) in [6, 6.07) is 19.9. The number of nitrogens with one attached hydrogen (secondary N) is 1. The van der Waals surface area contributed by atoms with Gasteiger partial charge in [-0.1, -0.05) is 72.4 Å². The number of amides is 1. The van der Waals surface area contributed by atoms with Gasteiger partial charge in [0.1, 0.15) is 0 Å². The van der Waals surface area contributed by atoms with Gasteiger partial charge in [-0.3, -0.25) is 9.36 Å². The van der Waals surface area contributed by atoms with Gasteiger partial charge in [-0.05, 0) is 25.0 Å². The molecule has 7 nitrogen and oxygen atoms in total. The average molecular weight is 452 g/mol. The summed E-state index contributed by atoms with van der Waals surface area (Å²) >= 11 is 1.44. The standard InChI is InChI=1S/C24H29N5O2S/c1-3-29-23(28-14-16-31-17-15-28)26-27-24(29)32-18(2)22(30)25-21(19-10-6-4-7-11-19)20-12-8-5-9-13-20/h4-13,18,21H,3,14-17H2,1-2H3,(H,25,30). The smallest absolute Gasteiger partial charge is 0.234 e. The third-order valence-corrected chi connectivity index (χ3v) is 6.59. The van der Waals surface area contributed by atoms with Crippen molar-refractivity contribution in [2.75, 3.05) is 31.2 Å². The highest BCUT2D eigenvalue weighted by molar-refractivity contribution is 8.00. The van der Waals surface area contributed by atoms with Crippen LogP contribution in [0.15, 0.2) is 65.8 Å². The average Bonchev–Trinajstić information content (AvgIpc) is 3.26. The third-order valence-electron chi connectivity index (χ3n) is 5.51. The minimum atomic E-state index is -0.322. The molecule has 1 aromatic heterocycles. The van der Waals surface area contributed by atoms with E-state index in [0.29, 0.717) is 13.2 Å². The lowest BCUT2D eigenvalue weighted by Crippen LogP contribution is -2.38. The van der Waals surface area contributed by atoms with Gasteiger partial charge in [-0.2, -0.15) is 0 Å². The Balaban J connectivity index is 1.49. The number of aromatic nitrogens is 3. The van der Waals surface area contributed by atoms with Gasteiger partial charge in [0.2, 0.25) is 11.9 Å². The van der Waals surface area contributed by atoms with Crippen LogP contribution < -0.4 is 10.2 Å². The van der Waals surface area contributed by atoms with Gasteiger partial charge < -0.3 is 15.0 Å². The SMILES string of the molecule is CCn1c(SC(C)C(=O)NC(c2ccccc2)c2ccccc2)nnc1N1CCOCC1. The highest BCUT2D eigenvalue weighted by atomic mass is 32.2. The molecule has 4 rings (SSSR count). The Morgan fingerprint density at radius 2 is 1.62 bits per heavy atom. The van der Waals surface area contributed by atoms with Crippen LogP contribution in [-0.4, -0.2) is 52.2 Å². The van der Waals surface area contributed by atoms with Gasteiger partial charge in [0.05, 0.1) is 24.5 Å². The van der Waals surface area contributed by atoms with Crippen molar-refractivity contribution < 1.29 is 9.53 Å². The minimum absolute atomic E-state index is 0.0359. The number of nitrogens with zero attached hydrogens (tertiary/aromatic N) is 4. The van der Waals surface area contributed by atoms with Crippen LogP contribution in [0.5, 0.6) is 0 Å². The molecule has 0 saturated carbocycles. The van der Waals surface area contributed by atoms with E-state index in [2.05, 4.69) is 31.9 Å². The van der Waals surface area contributed by atoms with Gasteiger partial charge in [0.15, 0.2) is 5.16 Å². The maximum Gasteiger partial charge on any atom is 0.234 e. The molecule has 3 aromatic rings. The normalized spacial score (nSPS) is 15.0. The zero-order chi connectivity index (χ0) is 22.3. The van der Waals surface area contributed by atoms with Gasteiger partial charge in [0.25, 0.3) is 0 Å². The van der Waals surface area contributed by atoms with Gasteiger partial charge in [-0.15, -0.1) is 10.2 Å². The molecule has 1 amide bonds. The van der Waals surface area contributed by atoms with Crippen LogP contribution in [-0.2, 0) is 16.1 Å². The fourth-order valence-corrected chi connectivity index (χ4v) is 4.68.